The van der Waals surface area contributed by atoms with E-state index in [0.717, 1.165) is 32.4 Å². The van der Waals surface area contributed by atoms with Gasteiger partial charge in [-0.3, -0.25) is 4.79 Å². The van der Waals surface area contributed by atoms with Crippen molar-refractivity contribution in [1.82, 2.24) is 16.0 Å². The molecular weight excluding hydrogens is 310 g/mol. The van der Waals surface area contributed by atoms with E-state index in [1.54, 1.807) is 0 Å². The Labute approximate surface area is 144 Å². The molecule has 0 radical (unpaired) electrons. The molecule has 0 aromatic rings. The predicted octanol–water partition coefficient (Wildman–Crippen LogP) is -1.33. The standard InChI is InChI=1S/C16H33N5O3/c17-7-2-10-19-9-1-4-15(20-11-3-8-18)16(24)21-14(5-12-22)6-13-23/h12-15,19-20H,1-11,17-18H2,(H,21,24). The van der Waals surface area contributed by atoms with E-state index >= 15 is 0 Å². The minimum atomic E-state index is -0.436. The van der Waals surface area contributed by atoms with Crippen LogP contribution in [-0.4, -0.2) is 63.3 Å². The van der Waals surface area contributed by atoms with Crippen LogP contribution in [0.2, 0.25) is 0 Å². The molecule has 0 spiro atoms. The van der Waals surface area contributed by atoms with Gasteiger partial charge in [0, 0.05) is 18.9 Å². The lowest BCUT2D eigenvalue weighted by Gasteiger charge is -2.21. The largest absolute Gasteiger partial charge is 0.351 e. The van der Waals surface area contributed by atoms with Gasteiger partial charge in [-0.2, -0.15) is 0 Å². The maximum absolute atomic E-state index is 12.4. The Morgan fingerprint density at radius 1 is 0.917 bits per heavy atom. The third-order valence-electron chi connectivity index (χ3n) is 3.60. The van der Waals surface area contributed by atoms with Crippen LogP contribution in [0, 0.1) is 0 Å². The van der Waals surface area contributed by atoms with Crippen molar-refractivity contribution in [3.05, 3.63) is 0 Å². The summed E-state index contributed by atoms with van der Waals surface area (Å²) in [5.74, 6) is -0.178. The summed E-state index contributed by atoms with van der Waals surface area (Å²) in [6.45, 7) is 3.55. The van der Waals surface area contributed by atoms with Crippen LogP contribution in [0.4, 0.5) is 0 Å². The second-order valence-electron chi connectivity index (χ2n) is 5.69. The Hall–Kier alpha value is -1.35. The van der Waals surface area contributed by atoms with Gasteiger partial charge in [0.2, 0.25) is 5.91 Å². The van der Waals surface area contributed by atoms with E-state index in [1.165, 1.54) is 0 Å². The van der Waals surface area contributed by atoms with Crippen LogP contribution in [0.25, 0.3) is 0 Å². The SMILES string of the molecule is NCCCNCCCC(NCCCN)C(=O)NC(CC=O)CC=O. The van der Waals surface area contributed by atoms with Gasteiger partial charge in [0.25, 0.3) is 0 Å². The highest BCUT2D eigenvalue weighted by molar-refractivity contribution is 5.82. The van der Waals surface area contributed by atoms with Gasteiger partial charge >= 0.3 is 0 Å². The molecule has 0 saturated carbocycles. The highest BCUT2D eigenvalue weighted by Crippen LogP contribution is 2.01. The fraction of sp³-hybridized carbons (Fsp3) is 0.812. The van der Waals surface area contributed by atoms with Gasteiger partial charge in [-0.1, -0.05) is 0 Å². The Morgan fingerprint density at radius 3 is 2.08 bits per heavy atom. The Bertz CT molecular complexity index is 332. The van der Waals surface area contributed by atoms with E-state index in [0.29, 0.717) is 38.6 Å². The van der Waals surface area contributed by atoms with E-state index in [1.807, 2.05) is 0 Å². The molecule has 0 bridgehead atoms. The summed E-state index contributed by atoms with van der Waals surface area (Å²) in [7, 11) is 0. The quantitative estimate of drug-likeness (QED) is 0.163. The molecule has 0 saturated heterocycles. The van der Waals surface area contributed by atoms with E-state index in [4.69, 9.17) is 11.5 Å². The Kier molecular flexibility index (Phi) is 15.6. The van der Waals surface area contributed by atoms with Crippen LogP contribution < -0.4 is 27.4 Å². The summed E-state index contributed by atoms with van der Waals surface area (Å²) in [5, 5.41) is 9.25. The van der Waals surface area contributed by atoms with Crippen molar-refractivity contribution in [3.8, 4) is 0 Å². The topological polar surface area (TPSA) is 139 Å². The molecule has 0 aliphatic heterocycles. The average molecular weight is 343 g/mol. The van der Waals surface area contributed by atoms with Crippen molar-refractivity contribution < 1.29 is 14.4 Å². The first kappa shape index (κ1) is 22.6. The number of nitrogens with two attached hydrogens (primary N) is 2. The van der Waals surface area contributed by atoms with E-state index < -0.39 is 6.04 Å². The van der Waals surface area contributed by atoms with Gasteiger partial charge in [-0.25, -0.2) is 0 Å². The summed E-state index contributed by atoms with van der Waals surface area (Å²) in [6, 6.07) is -0.789. The normalized spacial score (nSPS) is 12.1. The molecule has 0 rings (SSSR count). The fourth-order valence-corrected chi connectivity index (χ4v) is 2.24. The van der Waals surface area contributed by atoms with Crippen LogP contribution in [0.5, 0.6) is 0 Å². The van der Waals surface area contributed by atoms with Gasteiger partial charge < -0.3 is 37.0 Å². The molecular formula is C16H33N5O3. The van der Waals surface area contributed by atoms with Crippen molar-refractivity contribution in [3.63, 3.8) is 0 Å². The molecule has 7 N–H and O–H groups in total. The number of hydrogen-bond acceptors (Lipinski definition) is 7. The minimum Gasteiger partial charge on any atom is -0.351 e. The van der Waals surface area contributed by atoms with Crippen LogP contribution in [0.1, 0.15) is 38.5 Å². The summed E-state index contributed by atoms with van der Waals surface area (Å²) in [4.78, 5) is 33.7. The molecule has 1 amide bonds. The molecule has 0 aromatic heterocycles. The number of hydrogen-bond donors (Lipinski definition) is 5. The zero-order chi connectivity index (χ0) is 18.0. The van der Waals surface area contributed by atoms with Gasteiger partial charge in [0.15, 0.2) is 0 Å². The smallest absolute Gasteiger partial charge is 0.237 e. The van der Waals surface area contributed by atoms with Gasteiger partial charge in [0.1, 0.15) is 12.6 Å². The maximum Gasteiger partial charge on any atom is 0.237 e. The monoisotopic (exact) mass is 343 g/mol. The summed E-state index contributed by atoms with van der Waals surface area (Å²) in [6.07, 6.45) is 4.92. The molecule has 1 unspecified atom stereocenters. The first-order valence-electron chi connectivity index (χ1n) is 8.71. The number of nitrogens with one attached hydrogen (secondary N) is 3. The lowest BCUT2D eigenvalue weighted by atomic mass is 10.1. The minimum absolute atomic E-state index is 0.140. The Balaban J connectivity index is 4.35. The second-order valence-corrected chi connectivity index (χ2v) is 5.69. The lowest BCUT2D eigenvalue weighted by molar-refractivity contribution is -0.124. The molecule has 0 aliphatic rings. The molecule has 0 fully saturated rings. The molecule has 1 atom stereocenters. The zero-order valence-electron chi connectivity index (χ0n) is 14.5. The van der Waals surface area contributed by atoms with E-state index in [2.05, 4.69) is 16.0 Å². The summed E-state index contributed by atoms with van der Waals surface area (Å²) >= 11 is 0. The third kappa shape index (κ3) is 12.1. The fourth-order valence-electron chi connectivity index (χ4n) is 2.24. The average Bonchev–Trinajstić information content (AvgIpc) is 2.56. The lowest BCUT2D eigenvalue weighted by Crippen LogP contribution is -2.48. The number of amides is 1. The van der Waals surface area contributed by atoms with Crippen molar-refractivity contribution in [1.29, 1.82) is 0 Å². The van der Waals surface area contributed by atoms with Crippen LogP contribution in [0.3, 0.4) is 0 Å². The second kappa shape index (κ2) is 16.5. The van der Waals surface area contributed by atoms with Crippen molar-refractivity contribution >= 4 is 18.5 Å². The summed E-state index contributed by atoms with van der Waals surface area (Å²) in [5.41, 5.74) is 10.9. The molecule has 8 nitrogen and oxygen atoms in total. The first-order chi connectivity index (χ1) is 11.7. The maximum atomic E-state index is 12.4. The van der Waals surface area contributed by atoms with Crippen molar-refractivity contribution in [2.24, 2.45) is 11.5 Å². The van der Waals surface area contributed by atoms with Gasteiger partial charge in [0.05, 0.1) is 6.04 Å². The predicted molar refractivity (Wildman–Crippen MR) is 94.5 cm³/mol. The van der Waals surface area contributed by atoms with Crippen LogP contribution in [0.15, 0.2) is 0 Å². The number of rotatable bonds is 17. The van der Waals surface area contributed by atoms with E-state index in [-0.39, 0.29) is 24.8 Å². The molecule has 24 heavy (non-hydrogen) atoms. The molecule has 0 aliphatic carbocycles. The summed E-state index contributed by atoms with van der Waals surface area (Å²) < 4.78 is 0. The number of aldehydes is 2. The highest BCUT2D eigenvalue weighted by Gasteiger charge is 2.20. The number of carbonyl (C=O) groups excluding carboxylic acids is 3. The molecule has 140 valence electrons. The highest BCUT2D eigenvalue weighted by atomic mass is 16.2. The van der Waals surface area contributed by atoms with E-state index in [9.17, 15) is 14.4 Å². The number of carbonyl (C=O) groups is 3. The van der Waals surface area contributed by atoms with Crippen LogP contribution in [-0.2, 0) is 14.4 Å². The van der Waals surface area contributed by atoms with Crippen molar-refractivity contribution in [2.45, 2.75) is 50.6 Å². The molecule has 8 heteroatoms. The van der Waals surface area contributed by atoms with Gasteiger partial charge in [-0.05, 0) is 58.4 Å². The van der Waals surface area contributed by atoms with Crippen molar-refractivity contribution in [2.75, 3.05) is 32.7 Å². The first-order valence-corrected chi connectivity index (χ1v) is 8.71. The van der Waals surface area contributed by atoms with Crippen LogP contribution >= 0.6 is 0 Å². The van der Waals surface area contributed by atoms with Gasteiger partial charge in [-0.15, -0.1) is 0 Å². The zero-order valence-corrected chi connectivity index (χ0v) is 14.5. The molecule has 0 heterocycles. The Morgan fingerprint density at radius 2 is 1.50 bits per heavy atom. The molecule has 0 aromatic carbocycles. The third-order valence-corrected chi connectivity index (χ3v) is 3.60.